The summed E-state index contributed by atoms with van der Waals surface area (Å²) in [7, 11) is 0. The van der Waals surface area contributed by atoms with Crippen LogP contribution in [0.1, 0.15) is 69.9 Å². The average molecular weight is 538 g/mol. The fourth-order valence-electron chi connectivity index (χ4n) is 6.23. The van der Waals surface area contributed by atoms with E-state index in [9.17, 15) is 14.0 Å². The molecule has 2 amide bonds. The third kappa shape index (κ3) is 6.48. The van der Waals surface area contributed by atoms with Gasteiger partial charge in [0.25, 0.3) is 0 Å². The van der Waals surface area contributed by atoms with E-state index in [2.05, 4.69) is 4.90 Å². The molecule has 0 bridgehead atoms. The first kappa shape index (κ1) is 27.3. The Balaban J connectivity index is 1.22. The predicted molar refractivity (Wildman–Crippen MR) is 148 cm³/mol. The topological polar surface area (TPSA) is 62.3 Å². The van der Waals surface area contributed by atoms with E-state index in [1.54, 1.807) is 17.0 Å². The van der Waals surface area contributed by atoms with Gasteiger partial charge in [0.15, 0.2) is 0 Å². The van der Waals surface area contributed by atoms with Gasteiger partial charge in [-0.25, -0.2) is 14.0 Å². The average Bonchev–Trinajstić information content (AvgIpc) is 3.52. The summed E-state index contributed by atoms with van der Waals surface area (Å²) in [5.74, 6) is -0.0328. The van der Waals surface area contributed by atoms with Crippen molar-refractivity contribution < 1.29 is 23.5 Å². The van der Waals surface area contributed by atoms with E-state index in [0.717, 1.165) is 55.5 Å². The summed E-state index contributed by atoms with van der Waals surface area (Å²) in [5.41, 5.74) is 2.55. The van der Waals surface area contributed by atoms with E-state index in [4.69, 9.17) is 9.47 Å². The smallest absolute Gasteiger partial charge is 0.410 e. The van der Waals surface area contributed by atoms with Gasteiger partial charge in [0.05, 0.1) is 0 Å². The first-order chi connectivity index (χ1) is 18.7. The highest BCUT2D eigenvalue weighted by Gasteiger charge is 2.39. The van der Waals surface area contributed by atoms with Crippen LogP contribution in [0.5, 0.6) is 0 Å². The molecular weight excluding hydrogens is 497 g/mol. The van der Waals surface area contributed by atoms with Gasteiger partial charge >= 0.3 is 12.2 Å². The van der Waals surface area contributed by atoms with E-state index in [-0.39, 0.29) is 42.6 Å². The SMILES string of the molecule is CC(C)(C)OC(=O)N1CCC(N2CC(C[C@@H]3CCCN3C(=O)OCc3ccccc3)c3ccc(F)cc32)CC1. The number of nitrogens with zero attached hydrogens (tertiary/aromatic N) is 3. The Labute approximate surface area is 230 Å². The van der Waals surface area contributed by atoms with Crippen molar-refractivity contribution in [1.82, 2.24) is 9.80 Å². The van der Waals surface area contributed by atoms with Crippen molar-refractivity contribution in [2.45, 2.75) is 83.1 Å². The van der Waals surface area contributed by atoms with E-state index >= 15 is 0 Å². The van der Waals surface area contributed by atoms with Crippen molar-refractivity contribution in [3.05, 3.63) is 65.5 Å². The standard InChI is InChI=1S/C31H40FN3O4/c1-31(2,3)39-29(36)33-16-13-25(14-17-33)35-20-23(27-12-11-24(32)19-28(27)35)18-26-10-7-15-34(26)30(37)38-21-22-8-5-4-6-9-22/h4-6,8-9,11-12,19,23,25-26H,7,10,13-18,20-21H2,1-3H3/t23?,26-/m0/s1. The lowest BCUT2D eigenvalue weighted by Gasteiger charge is -2.38. The Bertz CT molecular complexity index is 1160. The molecule has 8 heteroatoms. The maximum Gasteiger partial charge on any atom is 0.410 e. The first-order valence-corrected chi connectivity index (χ1v) is 14.2. The Morgan fingerprint density at radius 2 is 1.72 bits per heavy atom. The summed E-state index contributed by atoms with van der Waals surface area (Å²) in [5, 5.41) is 0. The molecular formula is C31H40FN3O4. The third-order valence-corrected chi connectivity index (χ3v) is 8.09. The zero-order valence-corrected chi connectivity index (χ0v) is 23.3. The molecule has 7 nitrogen and oxygen atoms in total. The minimum Gasteiger partial charge on any atom is -0.445 e. The number of carbonyl (C=O) groups excluding carboxylic acids is 2. The van der Waals surface area contributed by atoms with Crippen LogP contribution >= 0.6 is 0 Å². The minimum absolute atomic E-state index is 0.102. The number of likely N-dealkylation sites (tertiary alicyclic amines) is 2. The number of halogens is 1. The highest BCUT2D eigenvalue weighted by Crippen LogP contribution is 2.43. The van der Waals surface area contributed by atoms with E-state index in [0.29, 0.717) is 19.6 Å². The van der Waals surface area contributed by atoms with Crippen LogP contribution in [0.3, 0.4) is 0 Å². The lowest BCUT2D eigenvalue weighted by Crippen LogP contribution is -2.48. The Morgan fingerprint density at radius 1 is 0.974 bits per heavy atom. The molecule has 39 heavy (non-hydrogen) atoms. The molecule has 1 unspecified atom stereocenters. The molecule has 2 aromatic rings. The molecule has 2 saturated heterocycles. The quantitative estimate of drug-likeness (QED) is 0.447. The summed E-state index contributed by atoms with van der Waals surface area (Å²) < 4.78 is 25.6. The van der Waals surface area contributed by atoms with Crippen molar-refractivity contribution in [3.8, 4) is 0 Å². The molecule has 0 radical (unpaired) electrons. The molecule has 0 aromatic heterocycles. The number of rotatable bonds is 5. The van der Waals surface area contributed by atoms with Gasteiger partial charge in [-0.05, 0) is 76.1 Å². The monoisotopic (exact) mass is 537 g/mol. The second kappa shape index (κ2) is 11.4. The molecule has 3 heterocycles. The lowest BCUT2D eigenvalue weighted by molar-refractivity contribution is 0.0204. The molecule has 2 fully saturated rings. The number of carbonyl (C=O) groups is 2. The van der Waals surface area contributed by atoms with Crippen molar-refractivity contribution in [2.75, 3.05) is 31.1 Å². The normalized spacial score (nSPS) is 21.7. The summed E-state index contributed by atoms with van der Waals surface area (Å²) in [4.78, 5) is 31.5. The van der Waals surface area contributed by atoms with E-state index in [1.165, 1.54) is 0 Å². The van der Waals surface area contributed by atoms with E-state index in [1.807, 2.05) is 62.1 Å². The molecule has 3 aliphatic rings. The van der Waals surface area contributed by atoms with Crippen molar-refractivity contribution in [1.29, 1.82) is 0 Å². The highest BCUT2D eigenvalue weighted by atomic mass is 19.1. The van der Waals surface area contributed by atoms with Crippen LogP contribution in [0, 0.1) is 5.82 Å². The summed E-state index contributed by atoms with van der Waals surface area (Å²) in [6.45, 7) is 8.63. The zero-order valence-electron chi connectivity index (χ0n) is 23.3. The predicted octanol–water partition coefficient (Wildman–Crippen LogP) is 6.32. The second-order valence-electron chi connectivity index (χ2n) is 12.0. The first-order valence-electron chi connectivity index (χ1n) is 14.2. The van der Waals surface area contributed by atoms with Gasteiger partial charge in [-0.15, -0.1) is 0 Å². The van der Waals surface area contributed by atoms with Crippen LogP contribution in [0.4, 0.5) is 19.7 Å². The Hall–Kier alpha value is -3.29. The van der Waals surface area contributed by atoms with Gasteiger partial charge in [0.1, 0.15) is 18.0 Å². The number of amides is 2. The van der Waals surface area contributed by atoms with Crippen LogP contribution in [-0.2, 0) is 16.1 Å². The number of hydrogen-bond acceptors (Lipinski definition) is 5. The molecule has 210 valence electrons. The number of anilines is 1. The Morgan fingerprint density at radius 3 is 2.44 bits per heavy atom. The van der Waals surface area contributed by atoms with Gasteiger partial charge in [0.2, 0.25) is 0 Å². The number of benzene rings is 2. The Kier molecular flexibility index (Phi) is 8.01. The zero-order chi connectivity index (χ0) is 27.6. The second-order valence-corrected chi connectivity index (χ2v) is 12.0. The number of ether oxygens (including phenoxy) is 2. The molecule has 5 rings (SSSR count). The summed E-state index contributed by atoms with van der Waals surface area (Å²) in [6.07, 6.45) is 3.82. The fourth-order valence-corrected chi connectivity index (χ4v) is 6.23. The van der Waals surface area contributed by atoms with Crippen molar-refractivity contribution in [2.24, 2.45) is 0 Å². The number of hydrogen-bond donors (Lipinski definition) is 0. The van der Waals surface area contributed by atoms with Crippen LogP contribution in [-0.4, -0.2) is 65.9 Å². The molecule has 0 N–H and O–H groups in total. The van der Waals surface area contributed by atoms with E-state index < -0.39 is 5.60 Å². The molecule has 2 aromatic carbocycles. The van der Waals surface area contributed by atoms with Crippen molar-refractivity contribution in [3.63, 3.8) is 0 Å². The third-order valence-electron chi connectivity index (χ3n) is 8.09. The van der Waals surface area contributed by atoms with Gasteiger partial charge in [-0.1, -0.05) is 36.4 Å². The van der Waals surface area contributed by atoms with Gasteiger partial charge in [-0.3, -0.25) is 0 Å². The summed E-state index contributed by atoms with van der Waals surface area (Å²) in [6, 6.07) is 15.2. The molecule has 0 saturated carbocycles. The minimum atomic E-state index is -0.519. The maximum atomic E-state index is 14.4. The van der Waals surface area contributed by atoms with Crippen LogP contribution in [0.2, 0.25) is 0 Å². The fraction of sp³-hybridized carbons (Fsp3) is 0.548. The lowest BCUT2D eigenvalue weighted by atomic mass is 9.93. The number of piperidine rings is 1. The summed E-state index contributed by atoms with van der Waals surface area (Å²) >= 11 is 0. The molecule has 0 spiro atoms. The maximum absolute atomic E-state index is 14.4. The van der Waals surface area contributed by atoms with Gasteiger partial charge < -0.3 is 24.2 Å². The van der Waals surface area contributed by atoms with Crippen LogP contribution < -0.4 is 4.90 Å². The van der Waals surface area contributed by atoms with Crippen LogP contribution in [0.15, 0.2) is 48.5 Å². The van der Waals surface area contributed by atoms with Crippen LogP contribution in [0.25, 0.3) is 0 Å². The highest BCUT2D eigenvalue weighted by molar-refractivity contribution is 5.69. The van der Waals surface area contributed by atoms with Gasteiger partial charge in [-0.2, -0.15) is 0 Å². The van der Waals surface area contributed by atoms with Gasteiger partial charge in [0, 0.05) is 49.9 Å². The largest absolute Gasteiger partial charge is 0.445 e. The number of fused-ring (bicyclic) bond motifs is 1. The molecule has 3 aliphatic heterocycles. The molecule has 2 atom stereocenters. The molecule has 0 aliphatic carbocycles. The van der Waals surface area contributed by atoms with Crippen molar-refractivity contribution >= 4 is 17.9 Å².